The highest BCUT2D eigenvalue weighted by molar-refractivity contribution is 6.24. The molecule has 4 aliphatic rings. The first-order valence-electron chi connectivity index (χ1n) is 10.3. The summed E-state index contributed by atoms with van der Waals surface area (Å²) < 4.78 is 0. The van der Waals surface area contributed by atoms with Gasteiger partial charge in [0.15, 0.2) is 0 Å². The smallest absolute Gasteiger partial charge is 0.262 e. The van der Waals surface area contributed by atoms with Gasteiger partial charge in [-0.2, -0.15) is 0 Å². The van der Waals surface area contributed by atoms with E-state index in [4.69, 9.17) is 0 Å². The third-order valence-corrected chi connectivity index (χ3v) is 6.87. The van der Waals surface area contributed by atoms with E-state index in [-0.39, 0.29) is 18.7 Å². The van der Waals surface area contributed by atoms with Crippen molar-refractivity contribution in [3.63, 3.8) is 0 Å². The van der Waals surface area contributed by atoms with Crippen molar-refractivity contribution in [2.75, 3.05) is 19.6 Å². The number of carbonyl (C=O) groups is 4. The normalized spacial score (nSPS) is 26.5. The molecule has 3 fully saturated rings. The van der Waals surface area contributed by atoms with Crippen LogP contribution in [0.2, 0.25) is 0 Å². The number of nitrogens with one attached hydrogen (secondary N) is 2. The number of benzene rings is 1. The van der Waals surface area contributed by atoms with Gasteiger partial charge in [0.05, 0.1) is 11.1 Å². The van der Waals surface area contributed by atoms with Crippen molar-refractivity contribution < 1.29 is 19.2 Å². The molecule has 4 heterocycles. The molecule has 2 N–H and O–H groups in total. The molecule has 8 nitrogen and oxygen atoms in total. The molecule has 0 aromatic heterocycles. The SMILES string of the molecule is O=C1CCC(N2C(=O)c3cccc(CN4CCC5(CCN5)CC4)c3C2=O)C(=O)N1. The molecule has 1 aromatic carbocycles. The molecule has 3 saturated heterocycles. The first-order chi connectivity index (χ1) is 14.0. The van der Waals surface area contributed by atoms with Gasteiger partial charge in [-0.3, -0.25) is 34.3 Å². The summed E-state index contributed by atoms with van der Waals surface area (Å²) in [7, 11) is 0. The lowest BCUT2D eigenvalue weighted by Gasteiger charge is -2.49. The number of piperidine rings is 2. The summed E-state index contributed by atoms with van der Waals surface area (Å²) in [4.78, 5) is 53.1. The van der Waals surface area contributed by atoms with Gasteiger partial charge in [-0.15, -0.1) is 0 Å². The Morgan fingerprint density at radius 1 is 1.03 bits per heavy atom. The predicted molar refractivity (Wildman–Crippen MR) is 103 cm³/mol. The van der Waals surface area contributed by atoms with Crippen LogP contribution in [0.25, 0.3) is 0 Å². The van der Waals surface area contributed by atoms with Gasteiger partial charge in [0.2, 0.25) is 11.8 Å². The number of imide groups is 2. The monoisotopic (exact) mass is 396 g/mol. The van der Waals surface area contributed by atoms with E-state index in [1.54, 1.807) is 12.1 Å². The van der Waals surface area contributed by atoms with E-state index in [1.807, 2.05) is 6.07 Å². The highest BCUT2D eigenvalue weighted by Crippen LogP contribution is 2.34. The summed E-state index contributed by atoms with van der Waals surface area (Å²) in [5.41, 5.74) is 1.90. The minimum atomic E-state index is -0.924. The quantitative estimate of drug-likeness (QED) is 0.719. The molecule has 0 bridgehead atoms. The Hall–Kier alpha value is -2.58. The highest BCUT2D eigenvalue weighted by atomic mass is 16.2. The first-order valence-corrected chi connectivity index (χ1v) is 10.3. The highest BCUT2D eigenvalue weighted by Gasteiger charge is 2.46. The average molecular weight is 396 g/mol. The molecule has 8 heteroatoms. The zero-order valence-electron chi connectivity index (χ0n) is 16.2. The molecule has 1 aromatic rings. The van der Waals surface area contributed by atoms with E-state index in [1.165, 1.54) is 6.42 Å². The summed E-state index contributed by atoms with van der Waals surface area (Å²) in [6.07, 6.45) is 3.72. The fourth-order valence-corrected chi connectivity index (χ4v) is 5.00. The van der Waals surface area contributed by atoms with Gasteiger partial charge in [0.25, 0.3) is 11.8 Å². The van der Waals surface area contributed by atoms with Crippen molar-refractivity contribution in [3.8, 4) is 0 Å². The molecule has 29 heavy (non-hydrogen) atoms. The van der Waals surface area contributed by atoms with Gasteiger partial charge in [-0.25, -0.2) is 0 Å². The second kappa shape index (κ2) is 6.74. The molecule has 4 aliphatic heterocycles. The van der Waals surface area contributed by atoms with E-state index in [0.29, 0.717) is 23.2 Å². The van der Waals surface area contributed by atoms with Gasteiger partial charge in [0.1, 0.15) is 6.04 Å². The van der Waals surface area contributed by atoms with Crippen molar-refractivity contribution >= 4 is 23.6 Å². The maximum atomic E-state index is 13.2. The standard InChI is InChI=1S/C21H24N4O4/c26-16-5-4-15(18(27)23-16)25-19(28)14-3-1-2-13(17(14)20(25)29)12-24-10-7-21(8-11-24)6-9-22-21/h1-3,15,22H,4-12H2,(H,23,26,27). The second-order valence-corrected chi connectivity index (χ2v) is 8.52. The minimum absolute atomic E-state index is 0.125. The Bertz CT molecular complexity index is 913. The number of hydrogen-bond acceptors (Lipinski definition) is 6. The summed E-state index contributed by atoms with van der Waals surface area (Å²) >= 11 is 0. The number of hydrogen-bond donors (Lipinski definition) is 2. The lowest BCUT2D eigenvalue weighted by molar-refractivity contribution is -0.136. The van der Waals surface area contributed by atoms with E-state index in [9.17, 15) is 19.2 Å². The molecular formula is C21H24N4O4. The lowest BCUT2D eigenvalue weighted by Crippen LogP contribution is -2.61. The Balaban J connectivity index is 1.36. The van der Waals surface area contributed by atoms with Crippen LogP contribution < -0.4 is 10.6 Å². The average Bonchev–Trinajstić information content (AvgIpc) is 2.93. The van der Waals surface area contributed by atoms with Crippen molar-refractivity contribution in [1.29, 1.82) is 0 Å². The van der Waals surface area contributed by atoms with Gasteiger partial charge in [0, 0.05) is 31.6 Å². The summed E-state index contributed by atoms with van der Waals surface area (Å²) in [5, 5.41) is 5.79. The van der Waals surface area contributed by atoms with Gasteiger partial charge >= 0.3 is 0 Å². The molecule has 1 unspecified atom stereocenters. The van der Waals surface area contributed by atoms with Crippen molar-refractivity contribution in [1.82, 2.24) is 20.4 Å². The fourth-order valence-electron chi connectivity index (χ4n) is 5.00. The van der Waals surface area contributed by atoms with Crippen molar-refractivity contribution in [2.24, 2.45) is 0 Å². The van der Waals surface area contributed by atoms with Gasteiger partial charge in [-0.1, -0.05) is 12.1 Å². The molecule has 4 amide bonds. The van der Waals surface area contributed by atoms with Crippen LogP contribution in [0.3, 0.4) is 0 Å². The Labute approximate surface area is 168 Å². The van der Waals surface area contributed by atoms with E-state index >= 15 is 0 Å². The lowest BCUT2D eigenvalue weighted by atomic mass is 9.79. The van der Waals surface area contributed by atoms with Crippen LogP contribution >= 0.6 is 0 Å². The van der Waals surface area contributed by atoms with E-state index in [0.717, 1.165) is 42.9 Å². The predicted octanol–water partition coefficient (Wildman–Crippen LogP) is 0.416. The van der Waals surface area contributed by atoms with Gasteiger partial charge < -0.3 is 5.32 Å². The minimum Gasteiger partial charge on any atom is -0.311 e. The number of fused-ring (bicyclic) bond motifs is 1. The molecule has 5 rings (SSSR count). The molecular weight excluding hydrogens is 372 g/mol. The van der Waals surface area contributed by atoms with E-state index in [2.05, 4.69) is 15.5 Å². The molecule has 152 valence electrons. The molecule has 0 saturated carbocycles. The Morgan fingerprint density at radius 3 is 2.45 bits per heavy atom. The van der Waals surface area contributed by atoms with Crippen LogP contribution in [0.15, 0.2) is 18.2 Å². The summed E-state index contributed by atoms with van der Waals surface area (Å²) in [6, 6.07) is 4.41. The number of carbonyl (C=O) groups excluding carboxylic acids is 4. The fraction of sp³-hybridized carbons (Fsp3) is 0.524. The zero-order chi connectivity index (χ0) is 20.2. The van der Waals surface area contributed by atoms with E-state index < -0.39 is 23.8 Å². The summed E-state index contributed by atoms with van der Waals surface area (Å²) in [6.45, 7) is 3.62. The Morgan fingerprint density at radius 2 is 1.79 bits per heavy atom. The number of likely N-dealkylation sites (tertiary alicyclic amines) is 1. The van der Waals surface area contributed by atoms with Crippen LogP contribution in [0.5, 0.6) is 0 Å². The number of rotatable bonds is 3. The second-order valence-electron chi connectivity index (χ2n) is 8.52. The molecule has 0 radical (unpaired) electrons. The first kappa shape index (κ1) is 18.4. The largest absolute Gasteiger partial charge is 0.311 e. The van der Waals surface area contributed by atoms with Crippen LogP contribution in [-0.4, -0.2) is 64.6 Å². The molecule has 0 aliphatic carbocycles. The Kier molecular flexibility index (Phi) is 4.29. The van der Waals surface area contributed by atoms with Crippen LogP contribution in [0, 0.1) is 0 Å². The number of nitrogens with zero attached hydrogens (tertiary/aromatic N) is 2. The topological polar surface area (TPSA) is 98.8 Å². The third kappa shape index (κ3) is 2.98. The van der Waals surface area contributed by atoms with Crippen LogP contribution in [0.1, 0.15) is 58.4 Å². The zero-order valence-corrected chi connectivity index (χ0v) is 16.2. The maximum Gasteiger partial charge on any atom is 0.262 e. The van der Waals surface area contributed by atoms with Crippen LogP contribution in [-0.2, 0) is 16.1 Å². The van der Waals surface area contributed by atoms with Crippen molar-refractivity contribution in [2.45, 2.75) is 50.2 Å². The maximum absolute atomic E-state index is 13.2. The third-order valence-electron chi connectivity index (χ3n) is 6.87. The molecule has 1 spiro atoms. The summed E-state index contributed by atoms with van der Waals surface area (Å²) in [5.74, 6) is -1.82. The van der Waals surface area contributed by atoms with Gasteiger partial charge in [-0.05, 0) is 43.9 Å². The molecule has 1 atom stereocenters. The van der Waals surface area contributed by atoms with Crippen LogP contribution in [0.4, 0.5) is 0 Å². The van der Waals surface area contributed by atoms with Crippen molar-refractivity contribution in [3.05, 3.63) is 34.9 Å². The number of amides is 4.